The first kappa shape index (κ1) is 17.8. The van der Waals surface area contributed by atoms with Crippen LogP contribution in [0.3, 0.4) is 0 Å². The van der Waals surface area contributed by atoms with Crippen LogP contribution in [0.15, 0.2) is 71.3 Å². The molecule has 1 amide bonds. The molecule has 130 valence electrons. The Labute approximate surface area is 158 Å². The van der Waals surface area contributed by atoms with Crippen LogP contribution in [0, 0.1) is 0 Å². The van der Waals surface area contributed by atoms with Gasteiger partial charge in [-0.2, -0.15) is 0 Å². The van der Waals surface area contributed by atoms with Crippen molar-refractivity contribution >= 4 is 50.5 Å². The predicted molar refractivity (Wildman–Crippen MR) is 105 cm³/mol. The summed E-state index contributed by atoms with van der Waals surface area (Å²) < 4.78 is 5.82. The first-order chi connectivity index (χ1) is 12.6. The molecule has 0 radical (unpaired) electrons. The number of para-hydroxylation sites is 1. The van der Waals surface area contributed by atoms with Crippen molar-refractivity contribution in [1.82, 2.24) is 4.98 Å². The number of nitrogens with one attached hydrogen (secondary N) is 1. The van der Waals surface area contributed by atoms with E-state index >= 15 is 0 Å². The zero-order valence-corrected chi connectivity index (χ0v) is 15.3. The second-order valence-electron chi connectivity index (χ2n) is 5.42. The van der Waals surface area contributed by atoms with E-state index in [0.29, 0.717) is 5.69 Å². The molecule has 1 heterocycles. The fourth-order valence-electron chi connectivity index (χ4n) is 2.37. The number of hydrogen-bond acceptors (Lipinski definition) is 4. The molecule has 0 aliphatic heterocycles. The zero-order chi connectivity index (χ0) is 18.4. The zero-order valence-electron chi connectivity index (χ0n) is 13.7. The van der Waals surface area contributed by atoms with Crippen LogP contribution < -0.4 is 5.32 Å². The topological polar surface area (TPSA) is 68.3 Å². The molecule has 0 atom stereocenters. The number of hydrogen-bond donors (Lipinski definition) is 1. The van der Waals surface area contributed by atoms with Gasteiger partial charge < -0.3 is 10.1 Å². The first-order valence-electron chi connectivity index (χ1n) is 7.86. The summed E-state index contributed by atoms with van der Waals surface area (Å²) >= 11 is 3.32. The van der Waals surface area contributed by atoms with Gasteiger partial charge in [0.15, 0.2) is 6.61 Å². The molecule has 6 heteroatoms. The highest BCUT2D eigenvalue weighted by atomic mass is 79.9. The van der Waals surface area contributed by atoms with Crippen molar-refractivity contribution in [3.8, 4) is 0 Å². The summed E-state index contributed by atoms with van der Waals surface area (Å²) in [5.41, 5.74) is 2.22. The standard InChI is InChI=1S/C20H15BrN2O3/c21-16-7-2-8-17(12-16)23-18(24)13-26-19(25)10-9-15-5-1-4-14-6-3-11-22-20(14)15/h1-12H,13H2,(H,23,24)/b10-9+. The molecule has 0 unspecified atom stereocenters. The van der Waals surface area contributed by atoms with E-state index in [0.717, 1.165) is 20.9 Å². The van der Waals surface area contributed by atoms with Gasteiger partial charge in [-0.1, -0.05) is 46.3 Å². The fourth-order valence-corrected chi connectivity index (χ4v) is 2.77. The van der Waals surface area contributed by atoms with Gasteiger partial charge in [0.25, 0.3) is 5.91 Å². The second-order valence-corrected chi connectivity index (χ2v) is 6.34. The molecule has 2 aromatic carbocycles. The lowest BCUT2D eigenvalue weighted by atomic mass is 10.1. The van der Waals surface area contributed by atoms with Crippen molar-refractivity contribution in [2.75, 3.05) is 11.9 Å². The lowest BCUT2D eigenvalue weighted by Gasteiger charge is -2.05. The Kier molecular flexibility index (Phi) is 5.76. The van der Waals surface area contributed by atoms with Crippen molar-refractivity contribution in [1.29, 1.82) is 0 Å². The highest BCUT2D eigenvalue weighted by Crippen LogP contribution is 2.17. The van der Waals surface area contributed by atoms with Gasteiger partial charge in [0.2, 0.25) is 0 Å². The third-order valence-electron chi connectivity index (χ3n) is 3.52. The van der Waals surface area contributed by atoms with Crippen LogP contribution in [0.2, 0.25) is 0 Å². The third-order valence-corrected chi connectivity index (χ3v) is 4.01. The Hall–Kier alpha value is -2.99. The minimum atomic E-state index is -0.595. The summed E-state index contributed by atoms with van der Waals surface area (Å²) in [7, 11) is 0. The number of pyridine rings is 1. The van der Waals surface area contributed by atoms with E-state index in [1.165, 1.54) is 6.08 Å². The molecule has 3 aromatic rings. The number of halogens is 1. The summed E-state index contributed by atoms with van der Waals surface area (Å²) in [6.45, 7) is -0.358. The summed E-state index contributed by atoms with van der Waals surface area (Å²) in [5.74, 6) is -1.00. The number of fused-ring (bicyclic) bond motifs is 1. The molecule has 0 saturated carbocycles. The first-order valence-corrected chi connectivity index (χ1v) is 8.65. The van der Waals surface area contributed by atoms with E-state index in [1.807, 2.05) is 36.4 Å². The lowest BCUT2D eigenvalue weighted by molar-refractivity contribution is -0.142. The Bertz CT molecular complexity index is 980. The highest BCUT2D eigenvalue weighted by Gasteiger charge is 2.06. The predicted octanol–water partition coefficient (Wildman–Crippen LogP) is 4.19. The molecule has 1 aromatic heterocycles. The van der Waals surface area contributed by atoms with E-state index in [9.17, 15) is 9.59 Å². The maximum absolute atomic E-state index is 11.8. The molecule has 0 spiro atoms. The minimum Gasteiger partial charge on any atom is -0.452 e. The van der Waals surface area contributed by atoms with Crippen LogP contribution in [0.1, 0.15) is 5.56 Å². The molecule has 0 bridgehead atoms. The number of carbonyl (C=O) groups excluding carboxylic acids is 2. The fraction of sp³-hybridized carbons (Fsp3) is 0.0500. The van der Waals surface area contributed by atoms with Crippen LogP contribution in [-0.4, -0.2) is 23.5 Å². The summed E-state index contributed by atoms with van der Waals surface area (Å²) in [5, 5.41) is 3.64. The molecule has 0 aliphatic rings. The number of esters is 1. The number of anilines is 1. The Balaban J connectivity index is 1.56. The quantitative estimate of drug-likeness (QED) is 0.505. The highest BCUT2D eigenvalue weighted by molar-refractivity contribution is 9.10. The van der Waals surface area contributed by atoms with Gasteiger partial charge in [0.1, 0.15) is 0 Å². The van der Waals surface area contributed by atoms with E-state index in [1.54, 1.807) is 30.5 Å². The Morgan fingerprint density at radius 2 is 1.92 bits per heavy atom. The number of nitrogens with zero attached hydrogens (tertiary/aromatic N) is 1. The molecule has 0 aliphatic carbocycles. The number of ether oxygens (including phenoxy) is 1. The monoisotopic (exact) mass is 410 g/mol. The van der Waals surface area contributed by atoms with E-state index in [2.05, 4.69) is 26.2 Å². The SMILES string of the molecule is O=C(COC(=O)/C=C/c1cccc2cccnc12)Nc1cccc(Br)c1. The van der Waals surface area contributed by atoms with Gasteiger partial charge in [0.05, 0.1) is 5.52 Å². The number of benzene rings is 2. The van der Waals surface area contributed by atoms with E-state index in [-0.39, 0.29) is 6.61 Å². The maximum atomic E-state index is 11.8. The minimum absolute atomic E-state index is 0.358. The Morgan fingerprint density at radius 1 is 1.12 bits per heavy atom. The summed E-state index contributed by atoms with van der Waals surface area (Å²) in [6.07, 6.45) is 4.62. The third kappa shape index (κ3) is 4.77. The second kappa shape index (κ2) is 8.40. The molecule has 3 rings (SSSR count). The number of carbonyl (C=O) groups is 2. The van der Waals surface area contributed by atoms with Crippen LogP contribution in [0.5, 0.6) is 0 Å². The lowest BCUT2D eigenvalue weighted by Crippen LogP contribution is -2.20. The van der Waals surface area contributed by atoms with Crippen LogP contribution in [0.25, 0.3) is 17.0 Å². The smallest absolute Gasteiger partial charge is 0.331 e. The largest absolute Gasteiger partial charge is 0.452 e. The Morgan fingerprint density at radius 3 is 2.77 bits per heavy atom. The van der Waals surface area contributed by atoms with E-state index in [4.69, 9.17) is 4.74 Å². The van der Waals surface area contributed by atoms with Gasteiger partial charge in [-0.15, -0.1) is 0 Å². The molecule has 5 nitrogen and oxygen atoms in total. The summed E-state index contributed by atoms with van der Waals surface area (Å²) in [4.78, 5) is 28.0. The van der Waals surface area contributed by atoms with Gasteiger partial charge in [-0.25, -0.2) is 4.79 Å². The average molecular weight is 411 g/mol. The van der Waals surface area contributed by atoms with Crippen molar-refractivity contribution in [3.63, 3.8) is 0 Å². The average Bonchev–Trinajstić information content (AvgIpc) is 2.64. The van der Waals surface area contributed by atoms with Gasteiger partial charge in [0, 0.05) is 33.4 Å². The van der Waals surface area contributed by atoms with E-state index < -0.39 is 11.9 Å². The maximum Gasteiger partial charge on any atom is 0.331 e. The van der Waals surface area contributed by atoms with Crippen molar-refractivity contribution in [2.24, 2.45) is 0 Å². The number of rotatable bonds is 5. The number of amides is 1. The normalized spacial score (nSPS) is 10.8. The van der Waals surface area contributed by atoms with Gasteiger partial charge in [-0.05, 0) is 30.3 Å². The molecule has 26 heavy (non-hydrogen) atoms. The van der Waals surface area contributed by atoms with Crippen molar-refractivity contribution in [2.45, 2.75) is 0 Å². The van der Waals surface area contributed by atoms with Crippen LogP contribution in [0.4, 0.5) is 5.69 Å². The number of aromatic nitrogens is 1. The van der Waals surface area contributed by atoms with Gasteiger partial charge in [-0.3, -0.25) is 9.78 Å². The molecule has 1 N–H and O–H groups in total. The molecular weight excluding hydrogens is 396 g/mol. The van der Waals surface area contributed by atoms with Crippen LogP contribution >= 0.6 is 15.9 Å². The summed E-state index contributed by atoms with van der Waals surface area (Å²) in [6, 6.07) is 16.7. The van der Waals surface area contributed by atoms with Crippen molar-refractivity contribution < 1.29 is 14.3 Å². The van der Waals surface area contributed by atoms with Gasteiger partial charge >= 0.3 is 5.97 Å². The molecular formula is C20H15BrN2O3. The van der Waals surface area contributed by atoms with Crippen molar-refractivity contribution in [3.05, 3.63) is 76.9 Å². The van der Waals surface area contributed by atoms with Crippen LogP contribution in [-0.2, 0) is 14.3 Å². The molecule has 0 fully saturated rings. The molecule has 0 saturated heterocycles.